The highest BCUT2D eigenvalue weighted by Crippen LogP contribution is 2.21. The van der Waals surface area contributed by atoms with Crippen molar-refractivity contribution >= 4 is 21.2 Å². The maximum atomic E-state index is 11.6. The first-order chi connectivity index (χ1) is 9.52. The van der Waals surface area contributed by atoms with E-state index < -0.39 is 9.84 Å². The Labute approximate surface area is 125 Å². The molecule has 2 fully saturated rings. The Balaban J connectivity index is 1.50. The molecule has 2 saturated heterocycles. The van der Waals surface area contributed by atoms with Crippen molar-refractivity contribution < 1.29 is 8.42 Å². The molecule has 2 aliphatic rings. The molecule has 0 bridgehead atoms. The first-order valence-corrected chi connectivity index (χ1v) is 9.88. The molecular weight excluding hydrogens is 292 g/mol. The molecule has 1 aromatic heterocycles. The van der Waals surface area contributed by atoms with Crippen LogP contribution in [0.4, 0.5) is 0 Å². The number of hydrogen-bond acceptors (Lipinski definition) is 5. The summed E-state index contributed by atoms with van der Waals surface area (Å²) in [5.41, 5.74) is 0. The fourth-order valence-electron chi connectivity index (χ4n) is 3.14. The van der Waals surface area contributed by atoms with Gasteiger partial charge in [0.1, 0.15) is 0 Å². The van der Waals surface area contributed by atoms with Gasteiger partial charge in [0.25, 0.3) is 0 Å². The Kier molecular flexibility index (Phi) is 4.17. The number of rotatable bonds is 3. The van der Waals surface area contributed by atoms with Crippen LogP contribution in [0.25, 0.3) is 0 Å². The highest BCUT2D eigenvalue weighted by Gasteiger charge is 2.33. The van der Waals surface area contributed by atoms with Crippen LogP contribution in [0, 0.1) is 6.92 Å². The number of aryl methyl sites for hydroxylation is 1. The maximum Gasteiger partial charge on any atom is 0.151 e. The van der Waals surface area contributed by atoms with Gasteiger partial charge in [0.15, 0.2) is 9.84 Å². The van der Waals surface area contributed by atoms with E-state index in [9.17, 15) is 8.42 Å². The fraction of sp³-hybridized carbons (Fsp3) is 0.714. The van der Waals surface area contributed by atoms with Gasteiger partial charge < -0.3 is 0 Å². The molecule has 1 atom stereocenters. The van der Waals surface area contributed by atoms with E-state index in [1.165, 1.54) is 9.75 Å². The van der Waals surface area contributed by atoms with Crippen molar-refractivity contribution in [2.45, 2.75) is 25.9 Å². The van der Waals surface area contributed by atoms with Crippen LogP contribution in [0.5, 0.6) is 0 Å². The lowest BCUT2D eigenvalue weighted by atomic mass is 10.2. The lowest BCUT2D eigenvalue weighted by Crippen LogP contribution is -2.50. The van der Waals surface area contributed by atoms with Crippen molar-refractivity contribution in [3.8, 4) is 0 Å². The van der Waals surface area contributed by atoms with Gasteiger partial charge in [-0.2, -0.15) is 0 Å². The topological polar surface area (TPSA) is 40.6 Å². The second-order valence-corrected chi connectivity index (χ2v) is 9.48. The van der Waals surface area contributed by atoms with Crippen molar-refractivity contribution in [3.63, 3.8) is 0 Å². The highest BCUT2D eigenvalue weighted by molar-refractivity contribution is 7.91. The van der Waals surface area contributed by atoms with Crippen molar-refractivity contribution in [2.75, 3.05) is 37.7 Å². The van der Waals surface area contributed by atoms with Gasteiger partial charge in [0.05, 0.1) is 11.5 Å². The smallest absolute Gasteiger partial charge is 0.151 e. The Morgan fingerprint density at radius 3 is 2.55 bits per heavy atom. The molecule has 6 heteroatoms. The van der Waals surface area contributed by atoms with Crippen LogP contribution in [-0.2, 0) is 16.4 Å². The number of nitrogens with zero attached hydrogens (tertiary/aromatic N) is 2. The van der Waals surface area contributed by atoms with Gasteiger partial charge in [-0.1, -0.05) is 0 Å². The van der Waals surface area contributed by atoms with Crippen molar-refractivity contribution in [3.05, 3.63) is 21.9 Å². The summed E-state index contributed by atoms with van der Waals surface area (Å²) in [6, 6.07) is 4.67. The molecule has 0 radical (unpaired) electrons. The SMILES string of the molecule is Cc1ccc(CN2CCN(C3CCS(=O)(=O)C3)CC2)s1. The van der Waals surface area contributed by atoms with E-state index in [2.05, 4.69) is 28.9 Å². The molecule has 0 aromatic carbocycles. The van der Waals surface area contributed by atoms with Gasteiger partial charge in [0, 0.05) is 48.5 Å². The summed E-state index contributed by atoms with van der Waals surface area (Å²) in [6.45, 7) is 7.29. The minimum atomic E-state index is -2.76. The molecule has 20 heavy (non-hydrogen) atoms. The molecule has 2 aliphatic heterocycles. The monoisotopic (exact) mass is 314 g/mol. The number of hydrogen-bond donors (Lipinski definition) is 0. The Hall–Kier alpha value is -0.430. The van der Waals surface area contributed by atoms with Crippen molar-refractivity contribution in [1.29, 1.82) is 0 Å². The summed E-state index contributed by atoms with van der Waals surface area (Å²) >= 11 is 1.87. The first-order valence-electron chi connectivity index (χ1n) is 7.24. The third-order valence-electron chi connectivity index (χ3n) is 4.31. The Bertz CT molecular complexity index is 559. The molecule has 0 saturated carbocycles. The van der Waals surface area contributed by atoms with Crippen molar-refractivity contribution in [2.24, 2.45) is 0 Å². The van der Waals surface area contributed by atoms with Gasteiger partial charge in [0.2, 0.25) is 0 Å². The Morgan fingerprint density at radius 1 is 1.25 bits per heavy atom. The third kappa shape index (κ3) is 3.42. The second-order valence-electron chi connectivity index (χ2n) is 5.88. The van der Waals surface area contributed by atoms with Gasteiger partial charge in [-0.15, -0.1) is 11.3 Å². The molecule has 0 spiro atoms. The van der Waals surface area contributed by atoms with E-state index in [1.807, 2.05) is 11.3 Å². The van der Waals surface area contributed by atoms with Crippen molar-refractivity contribution in [1.82, 2.24) is 9.80 Å². The van der Waals surface area contributed by atoms with Crippen LogP contribution in [0.3, 0.4) is 0 Å². The summed E-state index contributed by atoms with van der Waals surface area (Å²) < 4.78 is 23.1. The van der Waals surface area contributed by atoms with E-state index in [-0.39, 0.29) is 6.04 Å². The average molecular weight is 314 g/mol. The van der Waals surface area contributed by atoms with Crippen LogP contribution < -0.4 is 0 Å². The van der Waals surface area contributed by atoms with E-state index in [4.69, 9.17) is 0 Å². The zero-order chi connectivity index (χ0) is 14.2. The summed E-state index contributed by atoms with van der Waals surface area (Å²) in [5, 5.41) is 0. The quantitative estimate of drug-likeness (QED) is 0.845. The molecule has 4 nitrogen and oxygen atoms in total. The molecule has 0 amide bonds. The molecule has 0 N–H and O–H groups in total. The average Bonchev–Trinajstić information content (AvgIpc) is 2.96. The fourth-order valence-corrected chi connectivity index (χ4v) is 5.83. The Morgan fingerprint density at radius 2 is 2.00 bits per heavy atom. The summed E-state index contributed by atoms with van der Waals surface area (Å²) in [4.78, 5) is 7.65. The lowest BCUT2D eigenvalue weighted by molar-refractivity contribution is 0.101. The van der Waals surface area contributed by atoms with Gasteiger partial charge >= 0.3 is 0 Å². The van der Waals surface area contributed by atoms with E-state index in [1.54, 1.807) is 0 Å². The summed E-state index contributed by atoms with van der Waals surface area (Å²) in [6.07, 6.45) is 0.826. The third-order valence-corrected chi connectivity index (χ3v) is 7.04. The highest BCUT2D eigenvalue weighted by atomic mass is 32.2. The number of sulfone groups is 1. The zero-order valence-corrected chi connectivity index (χ0v) is 13.5. The summed E-state index contributed by atoms with van der Waals surface area (Å²) in [5.74, 6) is 0.753. The summed E-state index contributed by atoms with van der Waals surface area (Å²) in [7, 11) is -2.76. The minimum Gasteiger partial charge on any atom is -0.297 e. The van der Waals surface area contributed by atoms with Crippen LogP contribution in [0.15, 0.2) is 12.1 Å². The first kappa shape index (κ1) is 14.5. The molecule has 3 rings (SSSR count). The molecule has 112 valence electrons. The second kappa shape index (κ2) is 5.75. The van der Waals surface area contributed by atoms with Gasteiger partial charge in [-0.3, -0.25) is 9.80 Å². The minimum absolute atomic E-state index is 0.270. The standard InChI is InChI=1S/C14H22N2O2S2/c1-12-2-3-14(19-12)10-15-5-7-16(8-6-15)13-4-9-20(17,18)11-13/h2-3,13H,4-11H2,1H3. The van der Waals surface area contributed by atoms with E-state index >= 15 is 0 Å². The number of thiophene rings is 1. The molecule has 3 heterocycles. The predicted octanol–water partition coefficient (Wildman–Crippen LogP) is 1.36. The largest absolute Gasteiger partial charge is 0.297 e. The van der Waals surface area contributed by atoms with Gasteiger partial charge in [-0.25, -0.2) is 8.42 Å². The zero-order valence-electron chi connectivity index (χ0n) is 11.9. The number of piperazine rings is 1. The molecular formula is C14H22N2O2S2. The normalized spacial score (nSPS) is 27.9. The van der Waals surface area contributed by atoms with Crippen LogP contribution in [0.1, 0.15) is 16.2 Å². The molecule has 1 unspecified atom stereocenters. The van der Waals surface area contributed by atoms with E-state index in [0.717, 1.165) is 39.1 Å². The van der Waals surface area contributed by atoms with Crippen LogP contribution >= 0.6 is 11.3 Å². The molecule has 1 aromatic rings. The molecule has 0 aliphatic carbocycles. The van der Waals surface area contributed by atoms with E-state index in [0.29, 0.717) is 11.5 Å². The lowest BCUT2D eigenvalue weighted by Gasteiger charge is -2.37. The van der Waals surface area contributed by atoms with Gasteiger partial charge in [-0.05, 0) is 25.5 Å². The van der Waals surface area contributed by atoms with Crippen LogP contribution in [0.2, 0.25) is 0 Å². The van der Waals surface area contributed by atoms with Crippen LogP contribution in [-0.4, -0.2) is 61.9 Å². The maximum absolute atomic E-state index is 11.6. The predicted molar refractivity (Wildman–Crippen MR) is 83.0 cm³/mol.